The van der Waals surface area contributed by atoms with Gasteiger partial charge in [0.1, 0.15) is 17.0 Å². The second-order valence-electron chi connectivity index (χ2n) is 18.3. The fraction of sp³-hybridized carbons (Fsp3) is 0.315. The molecule has 11 rings (SSSR count). The van der Waals surface area contributed by atoms with Crippen molar-refractivity contribution in [2.24, 2.45) is 0 Å². The molecule has 4 aliphatic heterocycles. The number of halogens is 6. The summed E-state index contributed by atoms with van der Waals surface area (Å²) in [4.78, 5) is 20.4. The van der Waals surface area contributed by atoms with Crippen molar-refractivity contribution in [1.82, 2.24) is 10.4 Å². The lowest BCUT2D eigenvalue weighted by Gasteiger charge is -2.47. The lowest BCUT2D eigenvalue weighted by Crippen LogP contribution is -2.53. The van der Waals surface area contributed by atoms with Gasteiger partial charge in [-0.2, -0.15) is 26.3 Å². The topological polar surface area (TPSA) is 48.1 Å². The maximum Gasteiger partial charge on any atom is 0.380 e. The summed E-state index contributed by atoms with van der Waals surface area (Å²) in [6, 6.07) is 33.9. The summed E-state index contributed by atoms with van der Waals surface area (Å²) in [5.74, 6) is -14.8. The monoisotopic (exact) mass is 962 g/mol. The summed E-state index contributed by atoms with van der Waals surface area (Å²) in [5.41, 5.74) is 6.08. The molecule has 0 aromatic heterocycles. The highest BCUT2D eigenvalue weighted by Crippen LogP contribution is 2.76. The molecular weight excluding hydrogens is 915 g/mol. The number of carbonyl (C=O) groups excluding carboxylic acids is 1. The number of hydrazine groups is 1. The minimum Gasteiger partial charge on any atom is -0.456 e. The molecule has 1 spiro atoms. The molecule has 14 heteroatoms. The van der Waals surface area contributed by atoms with E-state index in [1.165, 1.54) is 29.6 Å². The van der Waals surface area contributed by atoms with Gasteiger partial charge in [0.2, 0.25) is 0 Å². The quantitative estimate of drug-likeness (QED) is 0.140. The number of thioether (sulfide) groups is 2. The van der Waals surface area contributed by atoms with Crippen LogP contribution in [0.25, 0.3) is 10.5 Å². The molecule has 5 aromatic carbocycles. The number of hydrogen-bond donors (Lipinski definition) is 1. The summed E-state index contributed by atoms with van der Waals surface area (Å²) in [7, 11) is 0. The molecule has 350 valence electrons. The Labute approximate surface area is 400 Å². The van der Waals surface area contributed by atoms with Crippen molar-refractivity contribution in [3.8, 4) is 11.5 Å². The number of alkyl halides is 6. The van der Waals surface area contributed by atoms with Gasteiger partial charge in [0.15, 0.2) is 0 Å². The SMILES string of the molecule is CCN(CC)c1ccc2c(c1)Oc1cc(N(CC)CC)ccc1C21c2ccccc2C(=O)N1NCc1ccc(C2=CC3=C4C(=C5c6ccccc6SC5(C)C3(C)S2)C(F)(F)C(F)(F)C4(F)F)cc1. The van der Waals surface area contributed by atoms with Crippen LogP contribution in [0.1, 0.15) is 85.3 Å². The van der Waals surface area contributed by atoms with E-state index in [0.29, 0.717) is 32.4 Å². The zero-order valence-electron chi connectivity index (χ0n) is 38.2. The van der Waals surface area contributed by atoms with Crippen molar-refractivity contribution in [3.63, 3.8) is 0 Å². The highest BCUT2D eigenvalue weighted by Gasteiger charge is 2.84. The molecule has 1 saturated carbocycles. The number of rotatable bonds is 10. The second kappa shape index (κ2) is 15.2. The van der Waals surface area contributed by atoms with Gasteiger partial charge < -0.3 is 14.5 Å². The van der Waals surface area contributed by atoms with Crippen molar-refractivity contribution in [2.75, 3.05) is 36.0 Å². The fourth-order valence-corrected chi connectivity index (χ4v) is 14.6. The molecule has 68 heavy (non-hydrogen) atoms. The van der Waals surface area contributed by atoms with E-state index in [1.807, 2.05) is 48.5 Å². The van der Waals surface area contributed by atoms with Gasteiger partial charge >= 0.3 is 17.8 Å². The lowest BCUT2D eigenvalue weighted by atomic mass is 9.69. The first-order chi connectivity index (χ1) is 32.4. The molecular formula is C54H48F6N4O2S2. The van der Waals surface area contributed by atoms with E-state index in [9.17, 15) is 4.79 Å². The number of ether oxygens (including phenoxy) is 1. The normalized spacial score (nSPS) is 23.6. The number of carbonyl (C=O) groups is 1. The number of nitrogens with zero attached hydrogens (tertiary/aromatic N) is 3. The van der Waals surface area contributed by atoms with Gasteiger partial charge in [-0.15, -0.1) is 23.5 Å². The van der Waals surface area contributed by atoms with Crippen LogP contribution in [-0.4, -0.2) is 64.4 Å². The molecule has 6 nitrogen and oxygen atoms in total. The maximum absolute atomic E-state index is 16.1. The maximum atomic E-state index is 16.1. The van der Waals surface area contributed by atoms with Crippen LogP contribution in [-0.2, 0) is 12.1 Å². The molecule has 6 aliphatic rings. The van der Waals surface area contributed by atoms with E-state index in [-0.39, 0.29) is 29.2 Å². The van der Waals surface area contributed by atoms with Gasteiger partial charge in [0.05, 0.1) is 9.49 Å². The van der Waals surface area contributed by atoms with Crippen molar-refractivity contribution < 1.29 is 35.9 Å². The van der Waals surface area contributed by atoms with Crippen LogP contribution in [0.4, 0.5) is 37.7 Å². The Morgan fingerprint density at radius 2 is 1.18 bits per heavy atom. The van der Waals surface area contributed by atoms with Crippen molar-refractivity contribution in [2.45, 2.75) is 85.8 Å². The van der Waals surface area contributed by atoms with Crippen molar-refractivity contribution in [1.29, 1.82) is 0 Å². The van der Waals surface area contributed by atoms with Crippen LogP contribution in [0.15, 0.2) is 137 Å². The van der Waals surface area contributed by atoms with E-state index in [0.717, 1.165) is 59.8 Å². The van der Waals surface area contributed by atoms with Crippen LogP contribution >= 0.6 is 23.5 Å². The van der Waals surface area contributed by atoms with E-state index >= 15 is 26.3 Å². The van der Waals surface area contributed by atoms with Gasteiger partial charge in [-0.1, -0.05) is 72.8 Å². The predicted octanol–water partition coefficient (Wildman–Crippen LogP) is 13.3. The van der Waals surface area contributed by atoms with Crippen molar-refractivity contribution in [3.05, 3.63) is 171 Å². The fourth-order valence-electron chi connectivity index (χ4n) is 11.5. The van der Waals surface area contributed by atoms with Gasteiger partial charge in [-0.25, -0.2) is 5.43 Å². The average Bonchev–Trinajstić information content (AvgIpc) is 3.96. The first-order valence-electron chi connectivity index (χ1n) is 23.0. The number of fused-ring (bicyclic) bond motifs is 12. The van der Waals surface area contributed by atoms with Crippen LogP contribution in [0.2, 0.25) is 0 Å². The molecule has 0 saturated heterocycles. The Hall–Kier alpha value is -5.57. The number of amides is 1. The molecule has 1 N–H and O–H groups in total. The van der Waals surface area contributed by atoms with E-state index in [4.69, 9.17) is 4.74 Å². The Morgan fingerprint density at radius 3 is 1.78 bits per heavy atom. The first-order valence-corrected chi connectivity index (χ1v) is 24.6. The zero-order valence-corrected chi connectivity index (χ0v) is 39.9. The Morgan fingerprint density at radius 1 is 0.618 bits per heavy atom. The van der Waals surface area contributed by atoms with E-state index < -0.39 is 43.9 Å². The third kappa shape index (κ3) is 5.65. The summed E-state index contributed by atoms with van der Waals surface area (Å²) < 4.78 is 99.3. The molecule has 1 amide bonds. The number of benzene rings is 5. The second-order valence-corrected chi connectivity index (χ2v) is 21.2. The molecule has 2 aliphatic carbocycles. The summed E-state index contributed by atoms with van der Waals surface area (Å²) in [6.07, 6.45) is 1.41. The molecule has 2 atom stereocenters. The number of allylic oxidation sites excluding steroid dienone is 3. The molecule has 5 aromatic rings. The summed E-state index contributed by atoms with van der Waals surface area (Å²) in [5, 5.41) is 1.71. The van der Waals surface area contributed by atoms with Crippen LogP contribution in [0.5, 0.6) is 11.5 Å². The Kier molecular flexibility index (Phi) is 10.0. The highest BCUT2D eigenvalue weighted by atomic mass is 32.2. The predicted molar refractivity (Wildman–Crippen MR) is 259 cm³/mol. The molecule has 0 radical (unpaired) electrons. The van der Waals surface area contributed by atoms with Gasteiger partial charge in [-0.05, 0) is 99.7 Å². The molecule has 1 fully saturated rings. The zero-order chi connectivity index (χ0) is 47.9. The van der Waals surface area contributed by atoms with E-state index in [1.54, 1.807) is 43.1 Å². The average molecular weight is 963 g/mol. The third-order valence-electron chi connectivity index (χ3n) is 15.1. The molecule has 4 heterocycles. The first kappa shape index (κ1) is 44.9. The number of nitrogens with one attached hydrogen (secondary N) is 1. The van der Waals surface area contributed by atoms with Gasteiger partial charge in [0.25, 0.3) is 5.91 Å². The lowest BCUT2D eigenvalue weighted by molar-refractivity contribution is -0.257. The summed E-state index contributed by atoms with van der Waals surface area (Å²) in [6.45, 7) is 15.2. The summed E-state index contributed by atoms with van der Waals surface area (Å²) >= 11 is 2.48. The molecule has 2 unspecified atom stereocenters. The van der Waals surface area contributed by atoms with Gasteiger partial charge in [-0.3, -0.25) is 9.80 Å². The smallest absolute Gasteiger partial charge is 0.380 e. The third-order valence-corrected chi connectivity index (χ3v) is 18.4. The van der Waals surface area contributed by atoms with Crippen LogP contribution in [0, 0.1) is 0 Å². The van der Waals surface area contributed by atoms with Gasteiger partial charge in [0, 0.05) is 99.4 Å². The largest absolute Gasteiger partial charge is 0.456 e. The standard InChI is InChI=1S/C54H48F6N4O2S2/c1-7-62(8-2)33-23-25-38-41(27-33)66-42-28-34(63(9-3)10-4)24-26-39(42)51(38)37-17-13-11-15-35(37)48(65)64(51)61-30-31-19-21-32(22-20-31)44-29-40-46-47(53(57,58)54(59,60)52(46,55)56)45-36-16-12-14-18-43(36)67-50(45,6)49(40,5)68-44/h11-29,61H,7-10,30H2,1-6H3. The highest BCUT2D eigenvalue weighted by molar-refractivity contribution is 8.11. The number of hydrogen-bond acceptors (Lipinski definition) is 7. The van der Waals surface area contributed by atoms with Crippen molar-refractivity contribution >= 4 is 51.3 Å². The van der Waals surface area contributed by atoms with Crippen LogP contribution < -0.4 is 20.0 Å². The Bertz CT molecular complexity index is 3010. The van der Waals surface area contributed by atoms with E-state index in [2.05, 4.69) is 79.3 Å². The van der Waals surface area contributed by atoms with Crippen LogP contribution in [0.3, 0.4) is 0 Å². The minimum absolute atomic E-state index is 0.162. The minimum atomic E-state index is -5.64. The Balaban J connectivity index is 0.975. The molecule has 0 bridgehead atoms. The number of anilines is 2.